The number of sulfonamides is 1. The van der Waals surface area contributed by atoms with Crippen LogP contribution in [0.4, 0.5) is 0 Å². The molecule has 0 unspecified atom stereocenters. The van der Waals surface area contributed by atoms with E-state index in [4.69, 9.17) is 0 Å². The predicted molar refractivity (Wildman–Crippen MR) is 88.7 cm³/mol. The molecule has 2 saturated heterocycles. The lowest BCUT2D eigenvalue weighted by Crippen LogP contribution is -2.55. The van der Waals surface area contributed by atoms with Crippen LogP contribution in [0, 0.1) is 5.92 Å². The monoisotopic (exact) mass is 358 g/mol. The molecule has 8 nitrogen and oxygen atoms in total. The van der Waals surface area contributed by atoms with Crippen LogP contribution in [0.3, 0.4) is 0 Å². The van der Waals surface area contributed by atoms with Gasteiger partial charge in [0.15, 0.2) is 0 Å². The zero-order valence-electron chi connectivity index (χ0n) is 14.2. The van der Waals surface area contributed by atoms with E-state index in [0.29, 0.717) is 45.8 Å². The highest BCUT2D eigenvalue weighted by Gasteiger charge is 2.35. The standard InChI is InChI=1S/C15H26N4O4S/c1-24(22,23)19-10-8-17(9-11-19)14(20)12-16-4-6-18(7-5-16)15(21)13-2-3-13/h13H,2-12H2,1H3. The van der Waals surface area contributed by atoms with Gasteiger partial charge in [0.05, 0.1) is 12.8 Å². The summed E-state index contributed by atoms with van der Waals surface area (Å²) in [5.74, 6) is 0.576. The van der Waals surface area contributed by atoms with Gasteiger partial charge in [-0.05, 0) is 12.8 Å². The van der Waals surface area contributed by atoms with E-state index in [1.807, 2.05) is 4.90 Å². The van der Waals surface area contributed by atoms with Crippen molar-refractivity contribution in [2.75, 3.05) is 65.2 Å². The minimum Gasteiger partial charge on any atom is -0.340 e. The second-order valence-corrected chi connectivity index (χ2v) is 8.90. The summed E-state index contributed by atoms with van der Waals surface area (Å²) < 4.78 is 24.4. The Kier molecular flexibility index (Phi) is 5.12. The number of amides is 2. The third kappa shape index (κ3) is 4.25. The number of piperazine rings is 2. The molecule has 0 aromatic rings. The van der Waals surface area contributed by atoms with Crippen molar-refractivity contribution in [3.8, 4) is 0 Å². The molecule has 24 heavy (non-hydrogen) atoms. The molecule has 0 atom stereocenters. The van der Waals surface area contributed by atoms with Crippen LogP contribution >= 0.6 is 0 Å². The zero-order chi connectivity index (χ0) is 17.3. The summed E-state index contributed by atoms with van der Waals surface area (Å²) in [6.45, 7) is 4.85. The third-order valence-corrected chi connectivity index (χ3v) is 6.33. The van der Waals surface area contributed by atoms with Crippen molar-refractivity contribution >= 4 is 21.8 Å². The Morgan fingerprint density at radius 2 is 1.42 bits per heavy atom. The summed E-state index contributed by atoms with van der Waals surface area (Å²) in [7, 11) is -3.17. The molecule has 3 fully saturated rings. The lowest BCUT2D eigenvalue weighted by atomic mass is 10.2. The number of rotatable bonds is 4. The van der Waals surface area contributed by atoms with Crippen molar-refractivity contribution in [3.63, 3.8) is 0 Å². The van der Waals surface area contributed by atoms with Gasteiger partial charge in [-0.2, -0.15) is 4.31 Å². The predicted octanol–water partition coefficient (Wildman–Crippen LogP) is -1.36. The molecule has 136 valence electrons. The highest BCUT2D eigenvalue weighted by Crippen LogP contribution is 2.31. The molecule has 2 amide bonds. The van der Waals surface area contributed by atoms with Crippen LogP contribution in [0.25, 0.3) is 0 Å². The van der Waals surface area contributed by atoms with Crippen molar-refractivity contribution in [3.05, 3.63) is 0 Å². The molecule has 0 bridgehead atoms. The molecule has 2 heterocycles. The van der Waals surface area contributed by atoms with Crippen LogP contribution in [0.1, 0.15) is 12.8 Å². The Hall–Kier alpha value is -1.19. The minimum absolute atomic E-state index is 0.0464. The molecule has 0 aromatic carbocycles. The fourth-order valence-electron chi connectivity index (χ4n) is 3.28. The number of carbonyl (C=O) groups is 2. The second-order valence-electron chi connectivity index (χ2n) is 6.92. The number of hydrogen-bond donors (Lipinski definition) is 0. The number of hydrogen-bond acceptors (Lipinski definition) is 5. The van der Waals surface area contributed by atoms with Crippen LogP contribution < -0.4 is 0 Å². The SMILES string of the molecule is CS(=O)(=O)N1CCN(C(=O)CN2CCN(C(=O)C3CC3)CC2)CC1. The molecule has 0 aromatic heterocycles. The van der Waals surface area contributed by atoms with E-state index < -0.39 is 10.0 Å². The largest absolute Gasteiger partial charge is 0.340 e. The Morgan fingerprint density at radius 1 is 0.875 bits per heavy atom. The van der Waals surface area contributed by atoms with Crippen LogP contribution in [-0.2, 0) is 19.6 Å². The lowest BCUT2D eigenvalue weighted by molar-refractivity contribution is -0.136. The van der Waals surface area contributed by atoms with E-state index in [0.717, 1.165) is 25.9 Å². The summed E-state index contributed by atoms with van der Waals surface area (Å²) in [5, 5.41) is 0. The van der Waals surface area contributed by atoms with Crippen molar-refractivity contribution in [2.24, 2.45) is 5.92 Å². The van der Waals surface area contributed by atoms with Gasteiger partial charge in [0.2, 0.25) is 21.8 Å². The first-order chi connectivity index (χ1) is 11.3. The maximum Gasteiger partial charge on any atom is 0.236 e. The summed E-state index contributed by atoms with van der Waals surface area (Å²) in [4.78, 5) is 30.2. The number of nitrogens with zero attached hydrogens (tertiary/aromatic N) is 4. The van der Waals surface area contributed by atoms with Crippen LogP contribution in [0.2, 0.25) is 0 Å². The average molecular weight is 358 g/mol. The van der Waals surface area contributed by atoms with E-state index >= 15 is 0 Å². The summed E-state index contributed by atoms with van der Waals surface area (Å²) >= 11 is 0. The summed E-state index contributed by atoms with van der Waals surface area (Å²) in [6.07, 6.45) is 3.25. The second kappa shape index (κ2) is 6.97. The molecule has 0 radical (unpaired) electrons. The van der Waals surface area contributed by atoms with E-state index in [-0.39, 0.29) is 17.7 Å². The Balaban J connectivity index is 1.41. The Morgan fingerprint density at radius 3 is 1.92 bits per heavy atom. The normalized spacial score (nSPS) is 24.2. The molecular formula is C15H26N4O4S. The van der Waals surface area contributed by atoms with Crippen LogP contribution in [0.15, 0.2) is 0 Å². The van der Waals surface area contributed by atoms with Crippen molar-refractivity contribution in [1.29, 1.82) is 0 Å². The lowest BCUT2D eigenvalue weighted by Gasteiger charge is -2.37. The molecule has 0 N–H and O–H groups in total. The maximum absolute atomic E-state index is 12.4. The van der Waals surface area contributed by atoms with Gasteiger partial charge in [-0.3, -0.25) is 14.5 Å². The highest BCUT2D eigenvalue weighted by molar-refractivity contribution is 7.88. The molecule has 3 aliphatic rings. The maximum atomic E-state index is 12.4. The fraction of sp³-hybridized carbons (Fsp3) is 0.867. The number of carbonyl (C=O) groups excluding carboxylic acids is 2. The molecular weight excluding hydrogens is 332 g/mol. The molecule has 1 saturated carbocycles. The van der Waals surface area contributed by atoms with E-state index in [1.54, 1.807) is 4.90 Å². The topological polar surface area (TPSA) is 81.2 Å². The first-order valence-corrected chi connectivity index (χ1v) is 10.4. The Bertz CT molecular complexity index is 589. The third-order valence-electron chi connectivity index (χ3n) is 5.03. The van der Waals surface area contributed by atoms with Crippen molar-refractivity contribution < 1.29 is 18.0 Å². The Labute approximate surface area is 143 Å². The van der Waals surface area contributed by atoms with E-state index in [9.17, 15) is 18.0 Å². The van der Waals surface area contributed by atoms with Gasteiger partial charge in [-0.1, -0.05) is 0 Å². The zero-order valence-corrected chi connectivity index (χ0v) is 15.0. The van der Waals surface area contributed by atoms with Crippen LogP contribution in [-0.4, -0.2) is 104 Å². The molecule has 3 rings (SSSR count). The van der Waals surface area contributed by atoms with E-state index in [1.165, 1.54) is 10.6 Å². The molecule has 9 heteroatoms. The molecule has 1 aliphatic carbocycles. The van der Waals surface area contributed by atoms with Gasteiger partial charge in [-0.25, -0.2) is 8.42 Å². The van der Waals surface area contributed by atoms with Gasteiger partial charge in [0.1, 0.15) is 0 Å². The van der Waals surface area contributed by atoms with Gasteiger partial charge in [0.25, 0.3) is 0 Å². The smallest absolute Gasteiger partial charge is 0.236 e. The van der Waals surface area contributed by atoms with Crippen molar-refractivity contribution in [2.45, 2.75) is 12.8 Å². The first-order valence-electron chi connectivity index (χ1n) is 8.58. The summed E-state index contributed by atoms with van der Waals surface area (Å²) in [5.41, 5.74) is 0. The molecule has 0 spiro atoms. The van der Waals surface area contributed by atoms with Gasteiger partial charge in [0, 0.05) is 58.3 Å². The van der Waals surface area contributed by atoms with Crippen LogP contribution in [0.5, 0.6) is 0 Å². The fourth-order valence-corrected chi connectivity index (χ4v) is 4.10. The quantitative estimate of drug-likeness (QED) is 0.620. The average Bonchev–Trinajstić information content (AvgIpc) is 3.39. The van der Waals surface area contributed by atoms with Gasteiger partial charge in [-0.15, -0.1) is 0 Å². The van der Waals surface area contributed by atoms with E-state index in [2.05, 4.69) is 4.90 Å². The van der Waals surface area contributed by atoms with Crippen molar-refractivity contribution in [1.82, 2.24) is 19.0 Å². The summed E-state index contributed by atoms with van der Waals surface area (Å²) in [6, 6.07) is 0. The highest BCUT2D eigenvalue weighted by atomic mass is 32.2. The van der Waals surface area contributed by atoms with Gasteiger partial charge < -0.3 is 9.80 Å². The minimum atomic E-state index is -3.17. The molecule has 2 aliphatic heterocycles. The first kappa shape index (κ1) is 17.6. The van der Waals surface area contributed by atoms with Gasteiger partial charge >= 0.3 is 0 Å².